The molecule has 6 heteroatoms. The number of nitrogens with zero attached hydrogens (tertiary/aromatic N) is 2. The van der Waals surface area contributed by atoms with Gasteiger partial charge in [-0.2, -0.15) is 0 Å². The van der Waals surface area contributed by atoms with E-state index in [0.29, 0.717) is 5.82 Å². The van der Waals surface area contributed by atoms with E-state index in [2.05, 4.69) is 41.5 Å². The molecule has 0 radical (unpaired) electrons. The molecule has 0 saturated heterocycles. The van der Waals surface area contributed by atoms with Gasteiger partial charge in [-0.15, -0.1) is 0 Å². The van der Waals surface area contributed by atoms with Gasteiger partial charge in [-0.3, -0.25) is 0 Å². The molecule has 0 bridgehead atoms. The summed E-state index contributed by atoms with van der Waals surface area (Å²) < 4.78 is 0. The van der Waals surface area contributed by atoms with Crippen molar-refractivity contribution in [3.8, 4) is 0 Å². The van der Waals surface area contributed by atoms with E-state index in [1.165, 1.54) is 0 Å². The summed E-state index contributed by atoms with van der Waals surface area (Å²) in [6, 6.07) is 1.77. The van der Waals surface area contributed by atoms with E-state index in [4.69, 9.17) is 10.9 Å². The van der Waals surface area contributed by atoms with Crippen LogP contribution in [0.25, 0.3) is 0 Å². The molecule has 0 aliphatic rings. The van der Waals surface area contributed by atoms with Gasteiger partial charge in [0.2, 0.25) is 0 Å². The maximum Gasteiger partial charge on any atom is 0.145 e. The molecule has 102 valence electrons. The normalized spacial score (nSPS) is 11.4. The number of aliphatic hydroxyl groups is 1. The fourth-order valence-corrected chi connectivity index (χ4v) is 1.40. The van der Waals surface area contributed by atoms with Gasteiger partial charge in [-0.05, 0) is 12.8 Å². The molecule has 0 amide bonds. The van der Waals surface area contributed by atoms with Crippen LogP contribution in [0, 0.1) is 0 Å². The standard InChI is InChI=1S/C12H23N5O/c1-12(2,3)11-15-9(8-10(16-11)17-13)14-6-4-5-7-18/h8,18H,4-7,13H2,1-3H3,(H2,14,15,16,17). The quantitative estimate of drug-likeness (QED) is 0.346. The van der Waals surface area contributed by atoms with Crippen LogP contribution in [0.3, 0.4) is 0 Å². The maximum atomic E-state index is 8.72. The van der Waals surface area contributed by atoms with E-state index in [-0.39, 0.29) is 12.0 Å². The molecular formula is C12H23N5O. The SMILES string of the molecule is CC(C)(C)c1nc(NN)cc(NCCCCO)n1. The predicted molar refractivity (Wildman–Crippen MR) is 73.4 cm³/mol. The predicted octanol–water partition coefficient (Wildman–Crippen LogP) is 1.24. The Hall–Kier alpha value is -1.40. The Kier molecular flexibility index (Phi) is 5.30. The lowest BCUT2D eigenvalue weighted by atomic mass is 9.96. The van der Waals surface area contributed by atoms with Crippen molar-refractivity contribution in [1.29, 1.82) is 0 Å². The lowest BCUT2D eigenvalue weighted by Gasteiger charge is -2.18. The van der Waals surface area contributed by atoms with Crippen LogP contribution in [0.5, 0.6) is 0 Å². The molecule has 0 unspecified atom stereocenters. The molecule has 6 nitrogen and oxygen atoms in total. The van der Waals surface area contributed by atoms with Gasteiger partial charge in [0.25, 0.3) is 0 Å². The Morgan fingerprint density at radius 3 is 2.44 bits per heavy atom. The Bertz CT molecular complexity index is 375. The molecule has 0 aliphatic heterocycles. The summed E-state index contributed by atoms with van der Waals surface area (Å²) in [4.78, 5) is 8.81. The second-order valence-corrected chi connectivity index (χ2v) is 5.21. The number of hydrazine groups is 1. The second kappa shape index (κ2) is 6.51. The summed E-state index contributed by atoms with van der Waals surface area (Å²) in [5.74, 6) is 7.49. The third kappa shape index (κ3) is 4.46. The minimum absolute atomic E-state index is 0.131. The summed E-state index contributed by atoms with van der Waals surface area (Å²) in [5.41, 5.74) is 2.42. The van der Waals surface area contributed by atoms with Crippen LogP contribution in [-0.2, 0) is 5.41 Å². The third-order valence-electron chi connectivity index (χ3n) is 2.44. The Labute approximate surface area is 108 Å². The fourth-order valence-electron chi connectivity index (χ4n) is 1.40. The number of nitrogen functional groups attached to an aromatic ring is 1. The summed E-state index contributed by atoms with van der Waals surface area (Å²) in [6.07, 6.45) is 1.68. The summed E-state index contributed by atoms with van der Waals surface area (Å²) >= 11 is 0. The summed E-state index contributed by atoms with van der Waals surface area (Å²) in [7, 11) is 0. The second-order valence-electron chi connectivity index (χ2n) is 5.21. The van der Waals surface area contributed by atoms with Crippen LogP contribution >= 0.6 is 0 Å². The third-order valence-corrected chi connectivity index (χ3v) is 2.44. The number of nitrogens with two attached hydrogens (primary N) is 1. The van der Waals surface area contributed by atoms with Gasteiger partial charge in [0.1, 0.15) is 17.5 Å². The van der Waals surface area contributed by atoms with Crippen molar-refractivity contribution in [2.24, 2.45) is 5.84 Å². The number of hydrogen-bond acceptors (Lipinski definition) is 6. The van der Waals surface area contributed by atoms with E-state index in [1.54, 1.807) is 6.07 Å². The average molecular weight is 253 g/mol. The number of nitrogens with one attached hydrogen (secondary N) is 2. The number of anilines is 2. The first kappa shape index (κ1) is 14.7. The fraction of sp³-hybridized carbons (Fsp3) is 0.667. The minimum Gasteiger partial charge on any atom is -0.396 e. The molecule has 0 spiro atoms. The highest BCUT2D eigenvalue weighted by molar-refractivity contribution is 5.47. The van der Waals surface area contributed by atoms with E-state index in [9.17, 15) is 0 Å². The molecule has 5 N–H and O–H groups in total. The van der Waals surface area contributed by atoms with E-state index < -0.39 is 0 Å². The lowest BCUT2D eigenvalue weighted by Crippen LogP contribution is -2.20. The molecule has 1 rings (SSSR count). The van der Waals surface area contributed by atoms with Crippen molar-refractivity contribution in [1.82, 2.24) is 9.97 Å². The summed E-state index contributed by atoms with van der Waals surface area (Å²) in [6.45, 7) is 7.15. The van der Waals surface area contributed by atoms with Crippen LogP contribution in [-0.4, -0.2) is 28.2 Å². The monoisotopic (exact) mass is 253 g/mol. The first-order valence-corrected chi connectivity index (χ1v) is 6.18. The Morgan fingerprint density at radius 2 is 1.89 bits per heavy atom. The average Bonchev–Trinajstić information content (AvgIpc) is 2.33. The van der Waals surface area contributed by atoms with Gasteiger partial charge >= 0.3 is 0 Å². The molecule has 1 aromatic heterocycles. The van der Waals surface area contributed by atoms with Crippen LogP contribution in [0.15, 0.2) is 6.07 Å². The first-order chi connectivity index (χ1) is 8.47. The largest absolute Gasteiger partial charge is 0.396 e. The topological polar surface area (TPSA) is 96.1 Å². The van der Waals surface area contributed by atoms with Crippen molar-refractivity contribution in [2.45, 2.75) is 39.0 Å². The van der Waals surface area contributed by atoms with E-state index >= 15 is 0 Å². The first-order valence-electron chi connectivity index (χ1n) is 6.18. The molecule has 0 aromatic carbocycles. The molecule has 0 aliphatic carbocycles. The van der Waals surface area contributed by atoms with Crippen molar-refractivity contribution >= 4 is 11.6 Å². The molecule has 1 heterocycles. The van der Waals surface area contributed by atoms with Crippen molar-refractivity contribution in [2.75, 3.05) is 23.9 Å². The van der Waals surface area contributed by atoms with Crippen LogP contribution in [0.2, 0.25) is 0 Å². The smallest absolute Gasteiger partial charge is 0.145 e. The molecule has 0 fully saturated rings. The molecule has 18 heavy (non-hydrogen) atoms. The van der Waals surface area contributed by atoms with Gasteiger partial charge in [0.15, 0.2) is 0 Å². The number of aliphatic hydroxyl groups excluding tert-OH is 1. The zero-order valence-corrected chi connectivity index (χ0v) is 11.3. The van der Waals surface area contributed by atoms with Crippen molar-refractivity contribution < 1.29 is 5.11 Å². The Balaban J connectivity index is 2.78. The molecular weight excluding hydrogens is 230 g/mol. The maximum absolute atomic E-state index is 8.72. The summed E-state index contributed by atoms with van der Waals surface area (Å²) in [5, 5.41) is 11.9. The molecule has 0 atom stereocenters. The number of rotatable bonds is 6. The van der Waals surface area contributed by atoms with E-state index in [1.807, 2.05) is 0 Å². The number of hydrogen-bond donors (Lipinski definition) is 4. The van der Waals surface area contributed by atoms with E-state index in [0.717, 1.165) is 31.0 Å². The zero-order chi connectivity index (χ0) is 13.6. The van der Waals surface area contributed by atoms with Crippen LogP contribution < -0.4 is 16.6 Å². The van der Waals surface area contributed by atoms with Crippen LogP contribution in [0.1, 0.15) is 39.4 Å². The minimum atomic E-state index is -0.131. The highest BCUT2D eigenvalue weighted by atomic mass is 16.2. The highest BCUT2D eigenvalue weighted by Crippen LogP contribution is 2.21. The number of aromatic nitrogens is 2. The van der Waals surface area contributed by atoms with Gasteiger partial charge in [0, 0.05) is 24.6 Å². The molecule has 0 saturated carbocycles. The lowest BCUT2D eigenvalue weighted by molar-refractivity contribution is 0.286. The van der Waals surface area contributed by atoms with Gasteiger partial charge in [0.05, 0.1) is 0 Å². The van der Waals surface area contributed by atoms with Crippen molar-refractivity contribution in [3.05, 3.63) is 11.9 Å². The Morgan fingerprint density at radius 1 is 1.22 bits per heavy atom. The zero-order valence-electron chi connectivity index (χ0n) is 11.3. The van der Waals surface area contributed by atoms with Crippen molar-refractivity contribution in [3.63, 3.8) is 0 Å². The van der Waals surface area contributed by atoms with Gasteiger partial charge < -0.3 is 15.8 Å². The van der Waals surface area contributed by atoms with Crippen LogP contribution in [0.4, 0.5) is 11.6 Å². The van der Waals surface area contributed by atoms with Gasteiger partial charge in [-0.1, -0.05) is 20.8 Å². The number of unbranched alkanes of at least 4 members (excludes halogenated alkanes) is 1. The van der Waals surface area contributed by atoms with Gasteiger partial charge in [-0.25, -0.2) is 15.8 Å². The molecule has 1 aromatic rings. The highest BCUT2D eigenvalue weighted by Gasteiger charge is 2.18.